The number of hydrogen-bond donors (Lipinski definition) is 1. The zero-order chi connectivity index (χ0) is 14.9. The van der Waals surface area contributed by atoms with Crippen molar-refractivity contribution in [1.82, 2.24) is 14.6 Å². The van der Waals surface area contributed by atoms with Crippen LogP contribution in [0, 0.1) is 0 Å². The number of nitrogens with zero attached hydrogens (tertiary/aromatic N) is 4. The summed E-state index contributed by atoms with van der Waals surface area (Å²) in [5.74, 6) is 0.955. The molecule has 0 saturated carbocycles. The molecule has 5 nitrogen and oxygen atoms in total. The van der Waals surface area contributed by atoms with E-state index >= 15 is 0 Å². The van der Waals surface area contributed by atoms with Gasteiger partial charge in [-0.15, -0.1) is 0 Å². The molecule has 0 aliphatic rings. The summed E-state index contributed by atoms with van der Waals surface area (Å²) < 4.78 is 1.91. The van der Waals surface area contributed by atoms with Crippen molar-refractivity contribution in [3.8, 4) is 0 Å². The van der Waals surface area contributed by atoms with E-state index in [4.69, 9.17) is 5.73 Å². The van der Waals surface area contributed by atoms with Crippen LogP contribution in [0.15, 0.2) is 18.5 Å². The van der Waals surface area contributed by atoms with Gasteiger partial charge in [0.25, 0.3) is 0 Å². The molecule has 20 heavy (non-hydrogen) atoms. The number of aromatic nitrogens is 3. The van der Waals surface area contributed by atoms with Crippen LogP contribution in [-0.4, -0.2) is 34.2 Å². The van der Waals surface area contributed by atoms with Crippen molar-refractivity contribution in [2.24, 2.45) is 5.73 Å². The predicted molar refractivity (Wildman–Crippen MR) is 83.2 cm³/mol. The summed E-state index contributed by atoms with van der Waals surface area (Å²) in [6.07, 6.45) is 4.64. The summed E-state index contributed by atoms with van der Waals surface area (Å²) in [6.45, 7) is 9.42. The molecule has 0 spiro atoms. The van der Waals surface area contributed by atoms with Crippen LogP contribution in [0.2, 0.25) is 0 Å². The fraction of sp³-hybridized carbons (Fsp3) is 0.600. The molecule has 0 aliphatic heterocycles. The van der Waals surface area contributed by atoms with E-state index < -0.39 is 0 Å². The van der Waals surface area contributed by atoms with E-state index in [1.165, 1.54) is 0 Å². The molecule has 2 N–H and O–H groups in total. The van der Waals surface area contributed by atoms with Crippen LogP contribution in [0.25, 0.3) is 5.52 Å². The van der Waals surface area contributed by atoms with Gasteiger partial charge in [0.05, 0.1) is 5.69 Å². The second kappa shape index (κ2) is 5.40. The molecule has 110 valence electrons. The lowest BCUT2D eigenvalue weighted by Gasteiger charge is -2.19. The highest BCUT2D eigenvalue weighted by atomic mass is 15.3. The van der Waals surface area contributed by atoms with Crippen LogP contribution >= 0.6 is 0 Å². The number of nitrogens with two attached hydrogens (primary N) is 1. The number of fused-ring (bicyclic) bond motifs is 1. The third-order valence-electron chi connectivity index (χ3n) is 3.42. The molecular weight excluding hydrogens is 250 g/mol. The molecule has 0 saturated heterocycles. The van der Waals surface area contributed by atoms with E-state index in [0.29, 0.717) is 0 Å². The van der Waals surface area contributed by atoms with Crippen LogP contribution in [0.4, 0.5) is 5.82 Å². The van der Waals surface area contributed by atoms with Gasteiger partial charge in [0, 0.05) is 37.4 Å². The van der Waals surface area contributed by atoms with Crippen LogP contribution in [0.1, 0.15) is 39.8 Å². The molecular formula is C15H25N5. The Morgan fingerprint density at radius 3 is 2.70 bits per heavy atom. The van der Waals surface area contributed by atoms with Crippen molar-refractivity contribution in [3.05, 3.63) is 24.2 Å². The van der Waals surface area contributed by atoms with Gasteiger partial charge in [-0.2, -0.15) is 5.10 Å². The number of hydrogen-bond acceptors (Lipinski definition) is 4. The lowest BCUT2D eigenvalue weighted by atomic mass is 9.92. The molecule has 0 aromatic carbocycles. The Bertz CT molecular complexity index is 579. The summed E-state index contributed by atoms with van der Waals surface area (Å²) in [7, 11) is 2.05. The number of anilines is 1. The van der Waals surface area contributed by atoms with Gasteiger partial charge in [0.2, 0.25) is 0 Å². The first-order valence-electron chi connectivity index (χ1n) is 7.10. The van der Waals surface area contributed by atoms with Crippen LogP contribution in [0.3, 0.4) is 0 Å². The third kappa shape index (κ3) is 3.10. The van der Waals surface area contributed by atoms with Crippen molar-refractivity contribution in [3.63, 3.8) is 0 Å². The Kier molecular flexibility index (Phi) is 3.99. The fourth-order valence-electron chi connectivity index (χ4n) is 2.07. The van der Waals surface area contributed by atoms with Gasteiger partial charge >= 0.3 is 0 Å². The second-order valence-corrected chi connectivity index (χ2v) is 6.55. The Labute approximate surface area is 120 Å². The zero-order valence-electron chi connectivity index (χ0n) is 13.1. The van der Waals surface area contributed by atoms with E-state index in [1.807, 2.05) is 17.6 Å². The minimum absolute atomic E-state index is 0.0354. The van der Waals surface area contributed by atoms with Gasteiger partial charge in [-0.05, 0) is 19.4 Å². The van der Waals surface area contributed by atoms with Crippen molar-refractivity contribution in [1.29, 1.82) is 0 Å². The highest BCUT2D eigenvalue weighted by Crippen LogP contribution is 2.25. The van der Waals surface area contributed by atoms with Crippen LogP contribution in [0.5, 0.6) is 0 Å². The average Bonchev–Trinajstić information content (AvgIpc) is 2.79. The van der Waals surface area contributed by atoms with E-state index in [2.05, 4.69) is 48.9 Å². The van der Waals surface area contributed by atoms with Gasteiger partial charge < -0.3 is 10.6 Å². The molecule has 1 unspecified atom stereocenters. The first kappa shape index (κ1) is 14.8. The lowest BCUT2D eigenvalue weighted by molar-refractivity contribution is 0.562. The minimum atomic E-state index is 0.0354. The first-order chi connectivity index (χ1) is 9.29. The molecule has 2 aromatic rings. The summed E-state index contributed by atoms with van der Waals surface area (Å²) in [6, 6.07) is 2.33. The molecule has 0 fully saturated rings. The van der Waals surface area contributed by atoms with Crippen molar-refractivity contribution in [2.45, 2.75) is 45.6 Å². The Morgan fingerprint density at radius 1 is 1.40 bits per heavy atom. The Morgan fingerprint density at radius 2 is 2.10 bits per heavy atom. The summed E-state index contributed by atoms with van der Waals surface area (Å²) in [4.78, 5) is 6.65. The van der Waals surface area contributed by atoms with E-state index in [-0.39, 0.29) is 11.5 Å². The Hall–Kier alpha value is -1.62. The maximum absolute atomic E-state index is 5.83. The highest BCUT2D eigenvalue weighted by Gasteiger charge is 2.19. The predicted octanol–water partition coefficient (Wildman–Crippen LogP) is 2.20. The fourth-order valence-corrected chi connectivity index (χ4v) is 2.07. The van der Waals surface area contributed by atoms with E-state index in [1.54, 1.807) is 6.20 Å². The number of rotatable bonds is 4. The van der Waals surface area contributed by atoms with Gasteiger partial charge in [-0.3, -0.25) is 0 Å². The highest BCUT2D eigenvalue weighted by molar-refractivity contribution is 5.69. The standard InChI is InChI=1S/C15H25N5/c1-11(16)6-8-19(5)14-12-10-13(15(2,3)4)18-20(12)9-7-17-14/h7,9-11H,6,8,16H2,1-5H3. The molecule has 0 aliphatic carbocycles. The van der Waals surface area contributed by atoms with Crippen molar-refractivity contribution < 1.29 is 0 Å². The molecule has 0 amide bonds. The van der Waals surface area contributed by atoms with E-state index in [0.717, 1.165) is 30.0 Å². The molecule has 1 atom stereocenters. The van der Waals surface area contributed by atoms with Crippen molar-refractivity contribution in [2.75, 3.05) is 18.5 Å². The molecule has 2 rings (SSSR count). The molecule has 2 aromatic heterocycles. The zero-order valence-corrected chi connectivity index (χ0v) is 13.1. The second-order valence-electron chi connectivity index (χ2n) is 6.55. The largest absolute Gasteiger partial charge is 0.358 e. The van der Waals surface area contributed by atoms with Gasteiger partial charge in [-0.25, -0.2) is 9.50 Å². The normalized spacial score (nSPS) is 13.7. The molecule has 2 heterocycles. The SMILES string of the molecule is CC(N)CCN(C)c1nccn2nc(C(C)(C)C)cc12. The van der Waals surface area contributed by atoms with Crippen LogP contribution in [-0.2, 0) is 5.41 Å². The topological polar surface area (TPSA) is 59.5 Å². The lowest BCUT2D eigenvalue weighted by Crippen LogP contribution is -2.26. The maximum Gasteiger partial charge on any atom is 0.154 e. The van der Waals surface area contributed by atoms with Crippen molar-refractivity contribution >= 4 is 11.3 Å². The van der Waals surface area contributed by atoms with Gasteiger partial charge in [-0.1, -0.05) is 20.8 Å². The first-order valence-corrected chi connectivity index (χ1v) is 7.10. The Balaban J connectivity index is 2.36. The molecule has 0 radical (unpaired) electrons. The van der Waals surface area contributed by atoms with Crippen LogP contribution < -0.4 is 10.6 Å². The minimum Gasteiger partial charge on any atom is -0.358 e. The summed E-state index contributed by atoms with van der Waals surface area (Å²) in [5.41, 5.74) is 7.99. The summed E-state index contributed by atoms with van der Waals surface area (Å²) >= 11 is 0. The third-order valence-corrected chi connectivity index (χ3v) is 3.42. The quantitative estimate of drug-likeness (QED) is 0.929. The van der Waals surface area contributed by atoms with E-state index in [9.17, 15) is 0 Å². The maximum atomic E-state index is 5.83. The monoisotopic (exact) mass is 275 g/mol. The van der Waals surface area contributed by atoms with Gasteiger partial charge in [0.1, 0.15) is 5.52 Å². The smallest absolute Gasteiger partial charge is 0.154 e. The van der Waals surface area contributed by atoms with Gasteiger partial charge in [0.15, 0.2) is 5.82 Å². The average molecular weight is 275 g/mol. The molecule has 5 heteroatoms. The summed E-state index contributed by atoms with van der Waals surface area (Å²) in [5, 5.41) is 4.65. The molecule has 0 bridgehead atoms.